The summed E-state index contributed by atoms with van der Waals surface area (Å²) in [5, 5.41) is 18.1. The molecule has 0 aliphatic rings. The first-order valence-electron chi connectivity index (χ1n) is 6.25. The molecule has 17 heavy (non-hydrogen) atoms. The van der Waals surface area contributed by atoms with Crippen molar-refractivity contribution in [1.29, 1.82) is 0 Å². The molecule has 2 N–H and O–H groups in total. The maximum absolute atomic E-state index is 10.9. The molecule has 0 saturated carbocycles. The fraction of sp³-hybridized carbons (Fsp3) is 0.917. The van der Waals surface area contributed by atoms with Crippen LogP contribution in [0.3, 0.4) is 0 Å². The normalized spacial score (nSPS) is 14.9. The zero-order valence-electron chi connectivity index (χ0n) is 11.2. The lowest BCUT2D eigenvalue weighted by Crippen LogP contribution is -2.55. The molecule has 102 valence electrons. The topological polar surface area (TPSA) is 66.8 Å². The second-order valence-corrected chi connectivity index (χ2v) is 4.71. The molecular weight excluding hydrogens is 222 g/mol. The zero-order chi connectivity index (χ0) is 13.3. The lowest BCUT2D eigenvalue weighted by Gasteiger charge is -2.36. The second kappa shape index (κ2) is 8.44. The van der Waals surface area contributed by atoms with Crippen molar-refractivity contribution in [3.05, 3.63) is 0 Å². The van der Waals surface area contributed by atoms with Crippen LogP contribution in [-0.2, 0) is 9.53 Å². The van der Waals surface area contributed by atoms with Crippen LogP contribution in [0, 0.1) is 0 Å². The minimum atomic E-state index is -0.823. The van der Waals surface area contributed by atoms with E-state index < -0.39 is 5.97 Å². The number of aliphatic hydroxyl groups is 1. The van der Waals surface area contributed by atoms with Crippen molar-refractivity contribution in [1.82, 2.24) is 0 Å². The van der Waals surface area contributed by atoms with Gasteiger partial charge in [0.2, 0.25) is 0 Å². The minimum Gasteiger partial charge on any atom is -0.477 e. The van der Waals surface area contributed by atoms with Crippen molar-refractivity contribution in [2.45, 2.75) is 33.3 Å². The van der Waals surface area contributed by atoms with Gasteiger partial charge in [-0.2, -0.15) is 0 Å². The molecule has 0 aliphatic heterocycles. The number of quaternary nitrogens is 1. The van der Waals surface area contributed by atoms with E-state index in [0.29, 0.717) is 24.2 Å². The SMILES string of the molecule is CCC[N+](CCO)(CCOC(C)C)CC(=O)O. The number of rotatable bonds is 10. The number of nitrogens with zero attached hydrogens (tertiary/aromatic N) is 1. The van der Waals surface area contributed by atoms with Crippen LogP contribution < -0.4 is 0 Å². The molecule has 0 bridgehead atoms. The standard InChI is InChI=1S/C12H25NO4/c1-4-5-13(6-8-14,10-12(15)16)7-9-17-11(2)3/h11,14H,4-10H2,1-3H3/p+1. The first-order chi connectivity index (χ1) is 7.95. The summed E-state index contributed by atoms with van der Waals surface area (Å²) in [6, 6.07) is 0. The van der Waals surface area contributed by atoms with E-state index in [1.165, 1.54) is 0 Å². The summed E-state index contributed by atoms with van der Waals surface area (Å²) >= 11 is 0. The zero-order valence-corrected chi connectivity index (χ0v) is 11.2. The highest BCUT2D eigenvalue weighted by molar-refractivity contribution is 5.67. The predicted molar refractivity (Wildman–Crippen MR) is 65.8 cm³/mol. The predicted octanol–water partition coefficient (Wildman–Crippen LogP) is 0.715. The molecule has 0 heterocycles. The smallest absolute Gasteiger partial charge is 0.359 e. The van der Waals surface area contributed by atoms with Crippen LogP contribution in [0.5, 0.6) is 0 Å². The molecule has 0 rings (SSSR count). The number of hydrogen-bond acceptors (Lipinski definition) is 3. The number of hydrogen-bond donors (Lipinski definition) is 2. The molecule has 1 atom stereocenters. The lowest BCUT2D eigenvalue weighted by molar-refractivity contribution is -0.922. The van der Waals surface area contributed by atoms with Gasteiger partial charge in [0.1, 0.15) is 13.1 Å². The Morgan fingerprint density at radius 1 is 1.29 bits per heavy atom. The molecule has 0 aromatic rings. The highest BCUT2D eigenvalue weighted by Gasteiger charge is 2.29. The fourth-order valence-corrected chi connectivity index (χ4v) is 2.03. The molecule has 0 saturated heterocycles. The Balaban J connectivity index is 4.46. The Morgan fingerprint density at radius 3 is 2.35 bits per heavy atom. The van der Waals surface area contributed by atoms with E-state index in [2.05, 4.69) is 0 Å². The van der Waals surface area contributed by atoms with Gasteiger partial charge in [0.15, 0.2) is 6.54 Å². The molecular formula is C12H26NO4+. The third kappa shape index (κ3) is 7.31. The fourth-order valence-electron chi connectivity index (χ4n) is 2.03. The molecule has 0 fully saturated rings. The Morgan fingerprint density at radius 2 is 1.94 bits per heavy atom. The van der Waals surface area contributed by atoms with E-state index in [1.54, 1.807) is 0 Å². The third-order valence-corrected chi connectivity index (χ3v) is 2.76. The summed E-state index contributed by atoms with van der Waals surface area (Å²) in [5.41, 5.74) is 0. The summed E-state index contributed by atoms with van der Waals surface area (Å²) in [7, 11) is 0. The van der Waals surface area contributed by atoms with Gasteiger partial charge in [0.05, 0.1) is 25.9 Å². The van der Waals surface area contributed by atoms with Crippen molar-refractivity contribution < 1.29 is 24.2 Å². The Kier molecular flexibility index (Phi) is 8.12. The van der Waals surface area contributed by atoms with Crippen LogP contribution in [0.1, 0.15) is 27.2 Å². The minimum absolute atomic E-state index is 0.00889. The van der Waals surface area contributed by atoms with Gasteiger partial charge in [-0.25, -0.2) is 4.79 Å². The second-order valence-electron chi connectivity index (χ2n) is 4.71. The summed E-state index contributed by atoms with van der Waals surface area (Å²) in [6.07, 6.45) is 1.05. The Labute approximate surface area is 104 Å². The van der Waals surface area contributed by atoms with E-state index in [1.807, 2.05) is 20.8 Å². The first kappa shape index (κ1) is 16.4. The Bertz CT molecular complexity index is 213. The largest absolute Gasteiger partial charge is 0.477 e. The van der Waals surface area contributed by atoms with Crippen molar-refractivity contribution >= 4 is 5.97 Å². The van der Waals surface area contributed by atoms with Gasteiger partial charge >= 0.3 is 5.97 Å². The quantitative estimate of drug-likeness (QED) is 0.559. The highest BCUT2D eigenvalue weighted by Crippen LogP contribution is 2.08. The van der Waals surface area contributed by atoms with Crippen molar-refractivity contribution in [2.75, 3.05) is 39.4 Å². The number of ether oxygens (including phenoxy) is 1. The Hall–Kier alpha value is -0.650. The average Bonchev–Trinajstić information content (AvgIpc) is 2.16. The van der Waals surface area contributed by atoms with Crippen molar-refractivity contribution in [2.24, 2.45) is 0 Å². The van der Waals surface area contributed by atoms with Crippen LogP contribution in [0.4, 0.5) is 0 Å². The van der Waals surface area contributed by atoms with Crippen LogP contribution >= 0.6 is 0 Å². The van der Waals surface area contributed by atoms with Crippen molar-refractivity contribution in [3.8, 4) is 0 Å². The van der Waals surface area contributed by atoms with Crippen LogP contribution in [-0.4, -0.2) is 66.2 Å². The molecule has 0 aliphatic carbocycles. The molecule has 0 aromatic carbocycles. The maximum Gasteiger partial charge on any atom is 0.359 e. The summed E-state index contributed by atoms with van der Waals surface area (Å²) in [4.78, 5) is 10.9. The van der Waals surface area contributed by atoms with Gasteiger partial charge in [0.25, 0.3) is 0 Å². The van der Waals surface area contributed by atoms with E-state index >= 15 is 0 Å². The van der Waals surface area contributed by atoms with Gasteiger partial charge in [-0.1, -0.05) is 6.92 Å². The van der Waals surface area contributed by atoms with Gasteiger partial charge in [-0.05, 0) is 20.3 Å². The number of aliphatic hydroxyl groups excluding tert-OH is 1. The summed E-state index contributed by atoms with van der Waals surface area (Å²) in [5.74, 6) is -0.823. The molecule has 1 unspecified atom stereocenters. The molecule has 0 spiro atoms. The molecule has 0 aromatic heterocycles. The van der Waals surface area contributed by atoms with Gasteiger partial charge in [-0.15, -0.1) is 0 Å². The number of carboxylic acids is 1. The van der Waals surface area contributed by atoms with E-state index in [0.717, 1.165) is 13.0 Å². The molecule has 0 radical (unpaired) electrons. The summed E-state index contributed by atoms with van der Waals surface area (Å²) in [6.45, 7) is 8.40. The first-order valence-corrected chi connectivity index (χ1v) is 6.25. The third-order valence-electron chi connectivity index (χ3n) is 2.76. The monoisotopic (exact) mass is 248 g/mol. The lowest BCUT2D eigenvalue weighted by atomic mass is 10.2. The maximum atomic E-state index is 10.9. The van der Waals surface area contributed by atoms with E-state index in [-0.39, 0.29) is 19.3 Å². The van der Waals surface area contributed by atoms with Gasteiger partial charge in [0, 0.05) is 0 Å². The van der Waals surface area contributed by atoms with Gasteiger partial charge < -0.3 is 19.4 Å². The number of carboxylic acid groups (broad SMARTS) is 1. The molecule has 5 heteroatoms. The number of carbonyl (C=O) groups is 1. The van der Waals surface area contributed by atoms with Gasteiger partial charge in [-0.3, -0.25) is 0 Å². The van der Waals surface area contributed by atoms with Crippen LogP contribution in [0.25, 0.3) is 0 Å². The van der Waals surface area contributed by atoms with Crippen molar-refractivity contribution in [3.63, 3.8) is 0 Å². The summed E-state index contributed by atoms with van der Waals surface area (Å²) < 4.78 is 5.88. The number of aliphatic carboxylic acids is 1. The average molecular weight is 248 g/mol. The highest BCUT2D eigenvalue weighted by atomic mass is 16.5. The van der Waals surface area contributed by atoms with Crippen LogP contribution in [0.2, 0.25) is 0 Å². The molecule has 5 nitrogen and oxygen atoms in total. The van der Waals surface area contributed by atoms with E-state index in [4.69, 9.17) is 14.9 Å². The van der Waals surface area contributed by atoms with E-state index in [9.17, 15) is 4.79 Å². The molecule has 0 amide bonds. The van der Waals surface area contributed by atoms with Crippen LogP contribution in [0.15, 0.2) is 0 Å².